The predicted octanol–water partition coefficient (Wildman–Crippen LogP) is 1.74. The number of pyridine rings is 1. The fourth-order valence-electron chi connectivity index (χ4n) is 2.81. The molecule has 162 valence electrons. The van der Waals surface area contributed by atoms with E-state index in [0.29, 0.717) is 5.69 Å². The fraction of sp³-hybridized carbons (Fsp3) is 0.158. The molecule has 0 spiro atoms. The van der Waals surface area contributed by atoms with Crippen LogP contribution >= 0.6 is 0 Å². The first-order valence-corrected chi connectivity index (χ1v) is 10.5. The van der Waals surface area contributed by atoms with E-state index < -0.39 is 38.7 Å². The first kappa shape index (κ1) is 22.2. The van der Waals surface area contributed by atoms with E-state index in [2.05, 4.69) is 9.97 Å². The number of alkyl halides is 3. The van der Waals surface area contributed by atoms with Gasteiger partial charge in [0.05, 0.1) is 16.2 Å². The van der Waals surface area contributed by atoms with E-state index >= 15 is 0 Å². The highest BCUT2D eigenvalue weighted by Gasteiger charge is 2.31. The van der Waals surface area contributed by atoms with Gasteiger partial charge in [-0.1, -0.05) is 6.07 Å². The number of rotatable bonds is 5. The van der Waals surface area contributed by atoms with Crippen molar-refractivity contribution in [2.24, 2.45) is 5.73 Å². The number of carbonyl (C=O) groups is 1. The Bertz CT molecular complexity index is 1320. The Morgan fingerprint density at radius 1 is 1.13 bits per heavy atom. The summed E-state index contributed by atoms with van der Waals surface area (Å²) in [6.45, 7) is 0. The smallest absolute Gasteiger partial charge is 0.364 e. The molecule has 2 N–H and O–H groups in total. The topological polar surface area (TPSA) is 125 Å². The Kier molecular flexibility index (Phi) is 5.68. The summed E-state index contributed by atoms with van der Waals surface area (Å²) < 4.78 is 63.5. The van der Waals surface area contributed by atoms with E-state index in [9.17, 15) is 31.2 Å². The number of benzene rings is 1. The summed E-state index contributed by atoms with van der Waals surface area (Å²) >= 11 is 0. The summed E-state index contributed by atoms with van der Waals surface area (Å²) in [6, 6.07) is 6.71. The minimum Gasteiger partial charge on any atom is -0.364 e. The van der Waals surface area contributed by atoms with Gasteiger partial charge >= 0.3 is 6.18 Å². The van der Waals surface area contributed by atoms with Crippen LogP contribution in [0.3, 0.4) is 0 Å². The fourth-order valence-corrected chi connectivity index (χ4v) is 3.37. The van der Waals surface area contributed by atoms with Crippen LogP contribution < -0.4 is 11.3 Å². The summed E-state index contributed by atoms with van der Waals surface area (Å²) in [4.78, 5) is 32.1. The van der Waals surface area contributed by atoms with Gasteiger partial charge in [-0.3, -0.25) is 19.1 Å². The number of amides is 1. The van der Waals surface area contributed by atoms with E-state index in [-0.39, 0.29) is 22.7 Å². The summed E-state index contributed by atoms with van der Waals surface area (Å²) in [5.41, 5.74) is 2.83. The molecule has 0 unspecified atom stereocenters. The molecule has 0 fully saturated rings. The monoisotopic (exact) mass is 452 g/mol. The molecule has 2 aromatic heterocycles. The van der Waals surface area contributed by atoms with Crippen molar-refractivity contribution in [1.82, 2.24) is 14.5 Å². The van der Waals surface area contributed by atoms with E-state index in [0.717, 1.165) is 41.4 Å². The first-order valence-electron chi connectivity index (χ1n) is 8.61. The zero-order chi connectivity index (χ0) is 23.0. The first-order chi connectivity index (χ1) is 14.4. The number of hydrogen-bond donors (Lipinski definition) is 1. The molecule has 3 rings (SSSR count). The minimum atomic E-state index is -4.65. The molecule has 0 atom stereocenters. The Morgan fingerprint density at radius 3 is 2.39 bits per heavy atom. The van der Waals surface area contributed by atoms with Crippen molar-refractivity contribution in [3.63, 3.8) is 0 Å². The van der Waals surface area contributed by atoms with Crippen LogP contribution in [0, 0.1) is 0 Å². The van der Waals surface area contributed by atoms with Crippen molar-refractivity contribution in [1.29, 1.82) is 0 Å². The minimum absolute atomic E-state index is 0.0197. The number of carbonyl (C=O) groups excluding carboxylic acids is 1. The van der Waals surface area contributed by atoms with Gasteiger partial charge < -0.3 is 5.73 Å². The molecule has 0 bridgehead atoms. The maximum atomic E-state index is 13.1. The van der Waals surface area contributed by atoms with Gasteiger partial charge in [-0.25, -0.2) is 13.4 Å². The summed E-state index contributed by atoms with van der Waals surface area (Å²) in [7, 11) is -3.47. The number of hydrogen-bond acceptors (Lipinski definition) is 6. The van der Waals surface area contributed by atoms with Crippen molar-refractivity contribution in [3.05, 3.63) is 81.8 Å². The number of primary amides is 1. The lowest BCUT2D eigenvalue weighted by Crippen LogP contribution is -2.32. The van der Waals surface area contributed by atoms with Crippen LogP contribution in [0.25, 0.3) is 5.69 Å². The Labute approximate surface area is 174 Å². The molecule has 0 saturated heterocycles. The molecule has 12 heteroatoms. The highest BCUT2D eigenvalue weighted by Crippen LogP contribution is 2.30. The third kappa shape index (κ3) is 4.79. The molecule has 1 aromatic carbocycles. The molecule has 1 amide bonds. The summed E-state index contributed by atoms with van der Waals surface area (Å²) in [5.74, 6) is -1.13. The van der Waals surface area contributed by atoms with Gasteiger partial charge in [-0.2, -0.15) is 13.2 Å². The predicted molar refractivity (Wildman–Crippen MR) is 104 cm³/mol. The van der Waals surface area contributed by atoms with Crippen molar-refractivity contribution < 1.29 is 26.4 Å². The van der Waals surface area contributed by atoms with Crippen LogP contribution in [0.2, 0.25) is 0 Å². The Morgan fingerprint density at radius 2 is 1.84 bits per heavy atom. The van der Waals surface area contributed by atoms with Crippen molar-refractivity contribution in [3.8, 4) is 5.69 Å². The summed E-state index contributed by atoms with van der Waals surface area (Å²) in [6.07, 6.45) is -1.46. The second kappa shape index (κ2) is 7.95. The van der Waals surface area contributed by atoms with Crippen LogP contribution in [0.4, 0.5) is 13.2 Å². The van der Waals surface area contributed by atoms with Gasteiger partial charge in [-0.15, -0.1) is 0 Å². The number of halogens is 3. The van der Waals surface area contributed by atoms with E-state index in [4.69, 9.17) is 5.73 Å². The van der Waals surface area contributed by atoms with Gasteiger partial charge in [0.2, 0.25) is 0 Å². The Balaban J connectivity index is 2.15. The van der Waals surface area contributed by atoms with Crippen LogP contribution in [0.15, 0.2) is 58.5 Å². The van der Waals surface area contributed by atoms with Gasteiger partial charge in [0, 0.05) is 36.5 Å². The average molecular weight is 452 g/mol. The quantitative estimate of drug-likeness (QED) is 0.629. The zero-order valence-electron chi connectivity index (χ0n) is 15.9. The molecule has 0 saturated carbocycles. The highest BCUT2D eigenvalue weighted by molar-refractivity contribution is 7.90. The molecule has 0 radical (unpaired) electrons. The second-order valence-corrected chi connectivity index (χ2v) is 8.60. The zero-order valence-corrected chi connectivity index (χ0v) is 16.7. The van der Waals surface area contributed by atoms with Crippen molar-refractivity contribution >= 4 is 15.7 Å². The van der Waals surface area contributed by atoms with Gasteiger partial charge in [0.15, 0.2) is 15.5 Å². The van der Waals surface area contributed by atoms with E-state index in [1.807, 2.05) is 0 Å². The normalized spacial score (nSPS) is 12.0. The third-order valence-corrected chi connectivity index (χ3v) is 5.39. The van der Waals surface area contributed by atoms with Crippen LogP contribution in [-0.2, 0) is 22.4 Å². The molecule has 2 heterocycles. The van der Waals surface area contributed by atoms with Gasteiger partial charge in [0.25, 0.3) is 11.5 Å². The number of nitrogens with two attached hydrogens (primary N) is 1. The molecule has 0 aliphatic heterocycles. The van der Waals surface area contributed by atoms with Gasteiger partial charge in [-0.05, 0) is 30.3 Å². The number of sulfone groups is 1. The third-order valence-electron chi connectivity index (χ3n) is 4.29. The average Bonchev–Trinajstić information content (AvgIpc) is 2.67. The van der Waals surface area contributed by atoms with E-state index in [1.54, 1.807) is 0 Å². The van der Waals surface area contributed by atoms with Crippen molar-refractivity contribution in [2.75, 3.05) is 6.26 Å². The number of aromatic nitrogens is 3. The Hall–Kier alpha value is -3.54. The maximum absolute atomic E-state index is 13.1. The van der Waals surface area contributed by atoms with Crippen molar-refractivity contribution in [2.45, 2.75) is 17.5 Å². The number of nitrogens with zero attached hydrogens (tertiary/aromatic N) is 3. The molecule has 31 heavy (non-hydrogen) atoms. The largest absolute Gasteiger partial charge is 0.416 e. The maximum Gasteiger partial charge on any atom is 0.416 e. The van der Waals surface area contributed by atoms with Crippen LogP contribution in [0.5, 0.6) is 0 Å². The standard InChI is InChI=1S/C19H15F3N4O4S/c1-31(29,30)15-6-5-12(24-10-15)8-14-9-25-16(17(23)27)18(28)26(14)13-4-2-3-11(7-13)19(20,21)22/h2-7,9-10H,8H2,1H3,(H2,23,27). The van der Waals surface area contributed by atoms with Crippen LogP contribution in [-0.4, -0.2) is 35.1 Å². The van der Waals surface area contributed by atoms with Gasteiger partial charge in [0.1, 0.15) is 0 Å². The molecule has 0 aliphatic carbocycles. The SMILES string of the molecule is CS(=O)(=O)c1ccc(Cc2cnc(C(N)=O)c(=O)n2-c2cccc(C(F)(F)F)c2)nc1. The second-order valence-electron chi connectivity index (χ2n) is 6.59. The summed E-state index contributed by atoms with van der Waals surface area (Å²) in [5, 5.41) is 0. The van der Waals surface area contributed by atoms with Crippen LogP contribution in [0.1, 0.15) is 27.4 Å². The van der Waals surface area contributed by atoms with E-state index in [1.165, 1.54) is 18.2 Å². The molecular weight excluding hydrogens is 437 g/mol. The lowest BCUT2D eigenvalue weighted by molar-refractivity contribution is -0.137. The molecule has 3 aromatic rings. The lowest BCUT2D eigenvalue weighted by atomic mass is 10.1. The highest BCUT2D eigenvalue weighted by atomic mass is 32.2. The molecule has 0 aliphatic rings. The lowest BCUT2D eigenvalue weighted by Gasteiger charge is -2.15. The molecule has 8 nitrogen and oxygen atoms in total. The molecular formula is C19H15F3N4O4S.